The Bertz CT molecular complexity index is 126. The summed E-state index contributed by atoms with van der Waals surface area (Å²) < 4.78 is 40.1. The molecular formula is C4H9I. The molecule has 0 saturated carbocycles. The third-order valence-electron chi connectivity index (χ3n) is 0.142. The number of alkyl halides is 1. The Hall–Kier alpha value is 0.730. The summed E-state index contributed by atoms with van der Waals surface area (Å²) in [5, 5.41) is 0. The highest BCUT2D eigenvalue weighted by molar-refractivity contribution is 14.1. The number of halogens is 1. The van der Waals surface area contributed by atoms with Gasteiger partial charge < -0.3 is 0 Å². The predicted molar refractivity (Wildman–Crippen MR) is 33.7 cm³/mol. The summed E-state index contributed by atoms with van der Waals surface area (Å²) in [6, 6.07) is 0. The van der Waals surface area contributed by atoms with Gasteiger partial charge in [-0.05, 0) is 5.89 Å². The van der Waals surface area contributed by atoms with Crippen LogP contribution in [0.2, 0.25) is 0 Å². The summed E-state index contributed by atoms with van der Waals surface area (Å²) >= 11 is 1.33. The molecule has 1 unspecified atom stereocenters. The predicted octanol–water partition coefficient (Wildman–Crippen LogP) is 2.08. The van der Waals surface area contributed by atoms with Gasteiger partial charge in [0.2, 0.25) is 0 Å². The van der Waals surface area contributed by atoms with Crippen molar-refractivity contribution >= 4 is 22.6 Å². The van der Waals surface area contributed by atoms with E-state index in [4.69, 9.17) is 8.22 Å². The van der Waals surface area contributed by atoms with Gasteiger partial charge in [-0.15, -0.1) is 0 Å². The van der Waals surface area contributed by atoms with Crippen LogP contribution in [0.1, 0.15) is 22.0 Å². The molecule has 0 radical (unpaired) electrons. The highest BCUT2D eigenvalue weighted by Crippen LogP contribution is 1.95. The fourth-order valence-corrected chi connectivity index (χ4v) is 0. The van der Waals surface area contributed by atoms with Crippen LogP contribution in [0.4, 0.5) is 0 Å². The first-order chi connectivity index (χ1) is 4.50. The normalized spacial score (nSPS) is 44.4. The Morgan fingerprint density at radius 2 is 3.20 bits per heavy atom. The molecule has 5 heavy (non-hydrogen) atoms. The van der Waals surface area contributed by atoms with Gasteiger partial charge in [0.15, 0.2) is 0 Å². The van der Waals surface area contributed by atoms with E-state index in [0.29, 0.717) is 0 Å². The van der Waals surface area contributed by atoms with Crippen LogP contribution in [0.25, 0.3) is 0 Å². The molecular weight excluding hydrogens is 175 g/mol. The summed E-state index contributed by atoms with van der Waals surface area (Å²) in [6.45, 7) is -1.51. The second-order valence-electron chi connectivity index (χ2n) is 0.719. The van der Waals surface area contributed by atoms with Crippen molar-refractivity contribution in [3.63, 3.8) is 0 Å². The Morgan fingerprint density at radius 1 is 2.60 bits per heavy atom. The fourth-order valence-electron chi connectivity index (χ4n) is 0. The first-order valence-corrected chi connectivity index (χ1v) is 2.27. The molecule has 0 aliphatic carbocycles. The van der Waals surface area contributed by atoms with Crippen molar-refractivity contribution in [1.82, 2.24) is 0 Å². The highest BCUT2D eigenvalue weighted by atomic mass is 127. The molecule has 0 aromatic rings. The number of hydrogen-bond acceptors (Lipinski definition) is 0. The summed E-state index contributed by atoms with van der Waals surface area (Å²) in [5.41, 5.74) is 0. The van der Waals surface area contributed by atoms with Crippen molar-refractivity contribution in [2.45, 2.75) is 13.8 Å². The molecule has 0 nitrogen and oxygen atoms in total. The van der Waals surface area contributed by atoms with Gasteiger partial charge in [0.25, 0.3) is 0 Å². The van der Waals surface area contributed by atoms with E-state index in [1.54, 1.807) is 0 Å². The maximum absolute atomic E-state index is 7.28. The van der Waals surface area contributed by atoms with E-state index >= 15 is 0 Å². The van der Waals surface area contributed by atoms with E-state index in [9.17, 15) is 0 Å². The minimum Gasteiger partial charge on any atom is -0.0861 e. The maximum Gasteiger partial charge on any atom is 0.0380 e. The van der Waals surface area contributed by atoms with Gasteiger partial charge in [-0.3, -0.25) is 0 Å². The molecule has 0 amide bonds. The van der Waals surface area contributed by atoms with Crippen molar-refractivity contribution in [2.24, 2.45) is 5.89 Å². The van der Waals surface area contributed by atoms with Crippen LogP contribution in [-0.4, -0.2) is 4.38 Å². The second kappa shape index (κ2) is 2.94. The van der Waals surface area contributed by atoms with Crippen molar-refractivity contribution < 1.29 is 8.22 Å². The highest BCUT2D eigenvalue weighted by Gasteiger charge is 1.81. The smallest absolute Gasteiger partial charge is 0.0380 e. The van der Waals surface area contributed by atoms with Crippen molar-refractivity contribution in [2.75, 3.05) is 4.38 Å². The van der Waals surface area contributed by atoms with Crippen LogP contribution >= 0.6 is 22.6 Å². The monoisotopic (exact) mass is 190 g/mol. The van der Waals surface area contributed by atoms with E-state index in [2.05, 4.69) is 0 Å². The lowest BCUT2D eigenvalue weighted by molar-refractivity contribution is 0.763. The van der Waals surface area contributed by atoms with Gasteiger partial charge in [0.05, 0.1) is 0 Å². The summed E-state index contributed by atoms with van der Waals surface area (Å²) in [5.74, 6) is -2.05. The topological polar surface area (TPSA) is 0 Å². The molecule has 32 valence electrons. The van der Waals surface area contributed by atoms with Crippen LogP contribution in [0.15, 0.2) is 0 Å². The standard InChI is InChI=1S/C4H9I/c1-4(2)3-5/h4H,3H2,1-2H3/i1D3,3D2,4D. The van der Waals surface area contributed by atoms with Gasteiger partial charge in [-0.1, -0.05) is 36.4 Å². The third-order valence-corrected chi connectivity index (χ3v) is 0.951. The lowest BCUT2D eigenvalue weighted by atomic mass is 10.3. The molecule has 0 bridgehead atoms. The maximum atomic E-state index is 7.28. The quantitative estimate of drug-likeness (QED) is 0.438. The van der Waals surface area contributed by atoms with Gasteiger partial charge >= 0.3 is 0 Å². The zero-order chi connectivity index (χ0) is 9.50. The van der Waals surface area contributed by atoms with E-state index in [0.717, 1.165) is 6.92 Å². The molecule has 1 atom stereocenters. The Labute approximate surface area is 55.5 Å². The Kier molecular flexibility index (Phi) is 0.655. The van der Waals surface area contributed by atoms with Crippen LogP contribution in [0.3, 0.4) is 0 Å². The first kappa shape index (κ1) is 1.11. The van der Waals surface area contributed by atoms with Crippen molar-refractivity contribution in [3.8, 4) is 0 Å². The van der Waals surface area contributed by atoms with Crippen LogP contribution < -0.4 is 0 Å². The second-order valence-corrected chi connectivity index (χ2v) is 1.26. The fraction of sp³-hybridized carbons (Fsp3) is 1.00. The van der Waals surface area contributed by atoms with Crippen LogP contribution in [0, 0.1) is 5.89 Å². The number of rotatable bonds is 1. The summed E-state index contributed by atoms with van der Waals surface area (Å²) in [6.07, 6.45) is 0. The van der Waals surface area contributed by atoms with E-state index in [1.165, 1.54) is 22.6 Å². The van der Waals surface area contributed by atoms with E-state index in [1.807, 2.05) is 0 Å². The SMILES string of the molecule is [2H]C([2H])([2H])C([2H])(C)C([2H])([2H])I. The summed E-state index contributed by atoms with van der Waals surface area (Å²) in [4.78, 5) is 0. The minimum atomic E-state index is -2.59. The largest absolute Gasteiger partial charge is 0.0861 e. The molecule has 0 rings (SSSR count). The molecule has 0 aromatic heterocycles. The van der Waals surface area contributed by atoms with Gasteiger partial charge in [-0.25, -0.2) is 0 Å². The molecule has 0 aliphatic rings. The zero-order valence-corrected chi connectivity index (χ0v) is 5.04. The zero-order valence-electron chi connectivity index (χ0n) is 8.88. The molecule has 0 aromatic carbocycles. The molecule has 0 aliphatic heterocycles. The van der Waals surface area contributed by atoms with Gasteiger partial charge in [0.1, 0.15) is 0 Å². The summed E-state index contributed by atoms with van der Waals surface area (Å²) in [7, 11) is 0. The van der Waals surface area contributed by atoms with Crippen molar-refractivity contribution in [1.29, 1.82) is 0 Å². The average Bonchev–Trinajstić information content (AvgIpc) is 1.58. The van der Waals surface area contributed by atoms with Crippen LogP contribution in [-0.2, 0) is 0 Å². The Morgan fingerprint density at radius 3 is 3.20 bits per heavy atom. The minimum absolute atomic E-state index is 1.08. The van der Waals surface area contributed by atoms with Gasteiger partial charge in [-0.2, -0.15) is 0 Å². The lowest BCUT2D eigenvalue weighted by Gasteiger charge is -1.88. The first-order valence-electron chi connectivity index (χ1n) is 4.19. The number of hydrogen-bond donors (Lipinski definition) is 0. The Balaban J connectivity index is 4.75. The molecule has 0 N–H and O–H groups in total. The molecule has 0 heterocycles. The van der Waals surface area contributed by atoms with Gasteiger partial charge in [0, 0.05) is 12.6 Å². The van der Waals surface area contributed by atoms with Crippen molar-refractivity contribution in [3.05, 3.63) is 0 Å². The molecule has 0 fully saturated rings. The van der Waals surface area contributed by atoms with E-state index < -0.39 is 17.1 Å². The van der Waals surface area contributed by atoms with E-state index in [-0.39, 0.29) is 0 Å². The molecule has 1 heteroatoms. The third kappa shape index (κ3) is 4.73. The lowest BCUT2D eigenvalue weighted by Crippen LogP contribution is -1.82. The molecule has 0 spiro atoms. The molecule has 0 saturated heterocycles. The van der Waals surface area contributed by atoms with Crippen LogP contribution in [0.5, 0.6) is 0 Å². The average molecular weight is 190 g/mol.